The van der Waals surface area contributed by atoms with Crippen LogP contribution in [-0.2, 0) is 36.8 Å². The zero-order chi connectivity index (χ0) is 29.5. The average molecular weight is 563 g/mol. The van der Waals surface area contributed by atoms with Crippen molar-refractivity contribution < 1.29 is 38.2 Å². The molecule has 0 aliphatic heterocycles. The molecular weight excluding hydrogens is 532 g/mol. The predicted octanol–water partition coefficient (Wildman–Crippen LogP) is 3.10. The summed E-state index contributed by atoms with van der Waals surface area (Å²) in [5.41, 5.74) is 6.44. The minimum absolute atomic E-state index is 0.00846. The second-order valence-corrected chi connectivity index (χ2v) is 8.48. The summed E-state index contributed by atoms with van der Waals surface area (Å²) in [7, 11) is 0. The van der Waals surface area contributed by atoms with Crippen LogP contribution in [0, 0.1) is 0 Å². The van der Waals surface area contributed by atoms with Gasteiger partial charge in [-0.15, -0.1) is 0 Å². The molecular formula is C29H30N4O8. The van der Waals surface area contributed by atoms with Crippen molar-refractivity contribution in [1.29, 1.82) is 0 Å². The van der Waals surface area contributed by atoms with Crippen molar-refractivity contribution in [2.75, 3.05) is 18.5 Å². The van der Waals surface area contributed by atoms with E-state index in [9.17, 15) is 24.0 Å². The largest absolute Gasteiger partial charge is 0.462 e. The molecule has 0 saturated carbocycles. The lowest BCUT2D eigenvalue weighted by Gasteiger charge is -2.18. The Hall–Kier alpha value is -5.39. The highest BCUT2D eigenvalue weighted by Gasteiger charge is 2.23. The topological polar surface area (TPSA) is 161 Å². The highest BCUT2D eigenvalue weighted by atomic mass is 16.6. The molecule has 0 bridgehead atoms. The van der Waals surface area contributed by atoms with Crippen LogP contribution >= 0.6 is 0 Å². The Balaban J connectivity index is 1.46. The lowest BCUT2D eigenvalue weighted by atomic mass is 10.1. The first-order chi connectivity index (χ1) is 19.8. The van der Waals surface area contributed by atoms with Gasteiger partial charge in [-0.3, -0.25) is 15.0 Å². The molecule has 0 saturated heterocycles. The van der Waals surface area contributed by atoms with Crippen LogP contribution in [0.5, 0.6) is 0 Å². The summed E-state index contributed by atoms with van der Waals surface area (Å²) in [5, 5.41) is 5.00. The Labute approximate surface area is 236 Å². The number of alkyl carbamates (subject to hydrolysis) is 1. The fourth-order valence-corrected chi connectivity index (χ4v) is 3.43. The number of hydrogen-bond donors (Lipinski definition) is 4. The molecule has 0 fully saturated rings. The van der Waals surface area contributed by atoms with Gasteiger partial charge in [-0.05, 0) is 42.3 Å². The van der Waals surface area contributed by atoms with E-state index in [4.69, 9.17) is 14.2 Å². The molecule has 12 nitrogen and oxygen atoms in total. The summed E-state index contributed by atoms with van der Waals surface area (Å²) in [5.74, 6) is -1.88. The molecule has 1 atom stereocenters. The molecule has 4 amide bonds. The molecule has 214 valence electrons. The van der Waals surface area contributed by atoms with Crippen LogP contribution < -0.4 is 21.5 Å². The van der Waals surface area contributed by atoms with E-state index in [2.05, 4.69) is 16.1 Å². The molecule has 3 aromatic carbocycles. The number of anilines is 1. The number of amides is 4. The van der Waals surface area contributed by atoms with E-state index >= 15 is 0 Å². The smallest absolute Gasteiger partial charge is 0.426 e. The Kier molecular flexibility index (Phi) is 11.7. The fraction of sp³-hybridized carbons (Fsp3) is 0.207. The summed E-state index contributed by atoms with van der Waals surface area (Å²) in [6.45, 7) is 1.29. The molecule has 0 unspecified atom stereocenters. The Morgan fingerprint density at radius 1 is 0.707 bits per heavy atom. The molecule has 41 heavy (non-hydrogen) atoms. The number of hydrogen-bond acceptors (Lipinski definition) is 8. The van der Waals surface area contributed by atoms with Gasteiger partial charge in [-0.25, -0.2) is 19.8 Å². The number of benzene rings is 3. The van der Waals surface area contributed by atoms with Crippen LogP contribution in [0.3, 0.4) is 0 Å². The second kappa shape index (κ2) is 15.9. The Morgan fingerprint density at radius 2 is 1.34 bits per heavy atom. The van der Waals surface area contributed by atoms with Crippen LogP contribution in [0.25, 0.3) is 0 Å². The van der Waals surface area contributed by atoms with E-state index in [-0.39, 0.29) is 19.6 Å². The van der Waals surface area contributed by atoms with Crippen LogP contribution in [0.2, 0.25) is 0 Å². The normalized spacial score (nSPS) is 10.9. The number of esters is 1. The quantitative estimate of drug-likeness (QED) is 0.158. The maximum atomic E-state index is 12.8. The molecule has 0 aliphatic rings. The van der Waals surface area contributed by atoms with Gasteiger partial charge in [0, 0.05) is 12.1 Å². The van der Waals surface area contributed by atoms with Gasteiger partial charge in [0.1, 0.15) is 12.6 Å². The van der Waals surface area contributed by atoms with Crippen molar-refractivity contribution in [3.05, 3.63) is 102 Å². The Bertz CT molecular complexity index is 1320. The van der Waals surface area contributed by atoms with Crippen molar-refractivity contribution >= 4 is 35.7 Å². The number of rotatable bonds is 11. The highest BCUT2D eigenvalue weighted by molar-refractivity contribution is 5.94. The van der Waals surface area contributed by atoms with E-state index in [1.807, 2.05) is 17.6 Å². The van der Waals surface area contributed by atoms with Crippen molar-refractivity contribution in [3.63, 3.8) is 0 Å². The van der Waals surface area contributed by atoms with Crippen molar-refractivity contribution in [1.82, 2.24) is 16.2 Å². The first-order valence-electron chi connectivity index (χ1n) is 12.6. The number of carbonyl (C=O) groups is 5. The highest BCUT2D eigenvalue weighted by Crippen LogP contribution is 2.11. The minimum Gasteiger partial charge on any atom is -0.462 e. The standard InChI is InChI=1S/C29H30N4O8/c1-2-39-27(36)22-13-15-23(16-14-22)30-25(34)19-41-29(38)33-32-26(35)24(17-20-9-5-3-6-10-20)31-28(37)40-18-21-11-7-4-8-12-21/h3-16,24H,2,17-19H2,1H3,(H,30,34)(H,31,37)(H,32,35)(H,33,38)/t24-/m0/s1. The van der Waals surface area contributed by atoms with E-state index in [1.165, 1.54) is 24.3 Å². The van der Waals surface area contributed by atoms with Crippen LogP contribution in [0.4, 0.5) is 15.3 Å². The SMILES string of the molecule is CCOC(=O)c1ccc(NC(=O)COC(=O)NNC(=O)[C@H](Cc2ccccc2)NC(=O)OCc2ccccc2)cc1. The zero-order valence-electron chi connectivity index (χ0n) is 22.3. The van der Waals surface area contributed by atoms with E-state index < -0.39 is 42.6 Å². The van der Waals surface area contributed by atoms with Gasteiger partial charge in [0.15, 0.2) is 6.61 Å². The minimum atomic E-state index is -1.10. The molecule has 0 radical (unpaired) electrons. The summed E-state index contributed by atoms with van der Waals surface area (Å²) < 4.78 is 14.9. The van der Waals surface area contributed by atoms with Gasteiger partial charge < -0.3 is 24.8 Å². The van der Waals surface area contributed by atoms with Crippen molar-refractivity contribution in [2.45, 2.75) is 26.0 Å². The summed E-state index contributed by atoms with van der Waals surface area (Å²) >= 11 is 0. The predicted molar refractivity (Wildman–Crippen MR) is 147 cm³/mol. The number of carbonyl (C=O) groups excluding carboxylic acids is 5. The van der Waals surface area contributed by atoms with Crippen molar-refractivity contribution in [2.24, 2.45) is 0 Å². The molecule has 0 spiro atoms. The molecule has 0 aliphatic carbocycles. The van der Waals surface area contributed by atoms with Gasteiger partial charge in [0.25, 0.3) is 11.8 Å². The van der Waals surface area contributed by atoms with Gasteiger partial charge in [0.2, 0.25) is 0 Å². The summed E-state index contributed by atoms with van der Waals surface area (Å²) in [4.78, 5) is 61.0. The van der Waals surface area contributed by atoms with Gasteiger partial charge in [-0.2, -0.15) is 0 Å². The van der Waals surface area contributed by atoms with Gasteiger partial charge in [-0.1, -0.05) is 60.7 Å². The summed E-state index contributed by atoms with van der Waals surface area (Å²) in [6.07, 6.45) is -1.81. The molecule has 0 heterocycles. The third-order valence-corrected chi connectivity index (χ3v) is 5.41. The molecule has 3 rings (SSSR count). The van der Waals surface area contributed by atoms with Crippen LogP contribution in [0.15, 0.2) is 84.9 Å². The monoisotopic (exact) mass is 562 g/mol. The molecule has 12 heteroatoms. The maximum absolute atomic E-state index is 12.8. The van der Waals surface area contributed by atoms with Crippen LogP contribution in [-0.4, -0.2) is 49.2 Å². The average Bonchev–Trinajstić information content (AvgIpc) is 2.99. The lowest BCUT2D eigenvalue weighted by Crippen LogP contribution is -2.53. The van der Waals surface area contributed by atoms with Gasteiger partial charge in [0.05, 0.1) is 12.2 Å². The first kappa shape index (κ1) is 30.2. The lowest BCUT2D eigenvalue weighted by molar-refractivity contribution is -0.124. The number of nitrogens with one attached hydrogen (secondary N) is 4. The third kappa shape index (κ3) is 10.7. The van der Waals surface area contributed by atoms with E-state index in [0.29, 0.717) is 11.3 Å². The Morgan fingerprint density at radius 3 is 1.98 bits per heavy atom. The maximum Gasteiger partial charge on any atom is 0.426 e. The third-order valence-electron chi connectivity index (χ3n) is 5.41. The number of hydrazine groups is 1. The van der Waals surface area contributed by atoms with E-state index in [0.717, 1.165) is 11.1 Å². The number of ether oxygens (including phenoxy) is 3. The zero-order valence-corrected chi connectivity index (χ0v) is 22.3. The first-order valence-corrected chi connectivity index (χ1v) is 12.6. The summed E-state index contributed by atoms with van der Waals surface area (Å²) in [6, 6.07) is 22.8. The molecule has 3 aromatic rings. The molecule has 4 N–H and O–H groups in total. The van der Waals surface area contributed by atoms with Crippen molar-refractivity contribution in [3.8, 4) is 0 Å². The van der Waals surface area contributed by atoms with Gasteiger partial charge >= 0.3 is 18.2 Å². The molecule has 0 aromatic heterocycles. The second-order valence-electron chi connectivity index (χ2n) is 8.48. The van der Waals surface area contributed by atoms with Crippen LogP contribution in [0.1, 0.15) is 28.4 Å². The van der Waals surface area contributed by atoms with E-state index in [1.54, 1.807) is 55.5 Å². The fourth-order valence-electron chi connectivity index (χ4n) is 3.43.